The van der Waals surface area contributed by atoms with Crippen LogP contribution in [0.1, 0.15) is 42.1 Å². The Kier molecular flexibility index (Phi) is 7.00. The number of esters is 1. The summed E-state index contributed by atoms with van der Waals surface area (Å²) in [5.41, 5.74) is 2.35. The molecule has 6 heteroatoms. The maximum atomic E-state index is 12.2. The van der Waals surface area contributed by atoms with Gasteiger partial charge in [-0.15, -0.1) is 0 Å². The maximum Gasteiger partial charge on any atom is 0.338 e. The molecule has 1 fully saturated rings. The van der Waals surface area contributed by atoms with E-state index in [2.05, 4.69) is 17.4 Å². The van der Waals surface area contributed by atoms with Crippen LogP contribution in [0, 0.1) is 0 Å². The number of amides is 2. The third kappa shape index (κ3) is 5.91. The average molecular weight is 394 g/mol. The first-order valence-corrected chi connectivity index (χ1v) is 9.94. The van der Waals surface area contributed by atoms with Gasteiger partial charge in [0.25, 0.3) is 5.91 Å². The van der Waals surface area contributed by atoms with Gasteiger partial charge in [-0.05, 0) is 56.0 Å². The molecule has 1 aliphatic heterocycles. The second kappa shape index (κ2) is 9.87. The Morgan fingerprint density at radius 3 is 2.48 bits per heavy atom. The van der Waals surface area contributed by atoms with Crippen molar-refractivity contribution in [3.8, 4) is 0 Å². The van der Waals surface area contributed by atoms with Crippen LogP contribution >= 0.6 is 0 Å². The quantitative estimate of drug-likeness (QED) is 0.698. The van der Waals surface area contributed by atoms with Gasteiger partial charge < -0.3 is 15.0 Å². The predicted octanol–water partition coefficient (Wildman–Crippen LogP) is 3.11. The van der Waals surface area contributed by atoms with Crippen molar-refractivity contribution in [1.29, 1.82) is 0 Å². The Labute approximate surface area is 170 Å². The summed E-state index contributed by atoms with van der Waals surface area (Å²) in [6.45, 7) is 2.31. The molecule has 1 heterocycles. The van der Waals surface area contributed by atoms with Crippen LogP contribution in [0.3, 0.4) is 0 Å². The van der Waals surface area contributed by atoms with E-state index in [1.807, 2.05) is 25.1 Å². The highest BCUT2D eigenvalue weighted by atomic mass is 16.5. The van der Waals surface area contributed by atoms with E-state index in [4.69, 9.17) is 4.74 Å². The highest BCUT2D eigenvalue weighted by molar-refractivity contribution is 5.96. The number of anilines is 1. The van der Waals surface area contributed by atoms with E-state index >= 15 is 0 Å². The minimum absolute atomic E-state index is 0.0151. The number of aryl methyl sites for hydroxylation is 1. The molecule has 152 valence electrons. The molecule has 2 aromatic rings. The first-order valence-electron chi connectivity index (χ1n) is 9.94. The van der Waals surface area contributed by atoms with Crippen molar-refractivity contribution in [2.75, 3.05) is 18.1 Å². The number of carbonyl (C=O) groups is 3. The van der Waals surface area contributed by atoms with Crippen molar-refractivity contribution in [2.24, 2.45) is 0 Å². The molecule has 0 saturated carbocycles. The monoisotopic (exact) mass is 394 g/mol. The number of hydrogen-bond acceptors (Lipinski definition) is 4. The highest BCUT2D eigenvalue weighted by Crippen LogP contribution is 2.21. The van der Waals surface area contributed by atoms with Gasteiger partial charge in [0.1, 0.15) is 0 Å². The average Bonchev–Trinajstić information content (AvgIpc) is 3.17. The molecular formula is C23H26N2O4. The zero-order chi connectivity index (χ0) is 20.6. The fraction of sp³-hybridized carbons (Fsp3) is 0.348. The summed E-state index contributed by atoms with van der Waals surface area (Å²) in [6.07, 6.45) is 3.08. The molecule has 0 spiro atoms. The molecule has 6 nitrogen and oxygen atoms in total. The zero-order valence-electron chi connectivity index (χ0n) is 16.6. The van der Waals surface area contributed by atoms with Crippen molar-refractivity contribution < 1.29 is 19.1 Å². The Balaban J connectivity index is 1.41. The van der Waals surface area contributed by atoms with Crippen LogP contribution in [-0.2, 0) is 20.7 Å². The van der Waals surface area contributed by atoms with Gasteiger partial charge in [-0.3, -0.25) is 9.59 Å². The molecule has 2 aromatic carbocycles. The largest absolute Gasteiger partial charge is 0.452 e. The summed E-state index contributed by atoms with van der Waals surface area (Å²) < 4.78 is 5.11. The maximum absolute atomic E-state index is 12.2. The van der Waals surface area contributed by atoms with Gasteiger partial charge in [-0.2, -0.15) is 0 Å². The van der Waals surface area contributed by atoms with Gasteiger partial charge in [-0.1, -0.05) is 30.3 Å². The van der Waals surface area contributed by atoms with E-state index in [1.54, 1.807) is 29.2 Å². The van der Waals surface area contributed by atoms with Crippen LogP contribution in [0.15, 0.2) is 54.6 Å². The van der Waals surface area contributed by atoms with Crippen LogP contribution in [0.2, 0.25) is 0 Å². The summed E-state index contributed by atoms with van der Waals surface area (Å²) in [4.78, 5) is 37.7. The standard InChI is InChI=1S/C23H26N2O4/c1-17(9-10-18-6-3-2-4-7-18)24-21(26)16-29-23(28)19-11-13-20(14-12-19)25-15-5-8-22(25)27/h2-4,6-7,11-14,17H,5,8-10,15-16H2,1H3,(H,24,26)/t17-/m1/s1. The molecule has 29 heavy (non-hydrogen) atoms. The van der Waals surface area contributed by atoms with Crippen LogP contribution in [-0.4, -0.2) is 37.0 Å². The topological polar surface area (TPSA) is 75.7 Å². The summed E-state index contributed by atoms with van der Waals surface area (Å²) in [6, 6.07) is 16.7. The molecule has 0 bridgehead atoms. The molecular weight excluding hydrogens is 368 g/mol. The van der Waals surface area contributed by atoms with Crippen molar-refractivity contribution in [3.05, 3.63) is 65.7 Å². The predicted molar refractivity (Wildman–Crippen MR) is 111 cm³/mol. The third-order valence-electron chi connectivity index (χ3n) is 4.94. The SMILES string of the molecule is C[C@H](CCc1ccccc1)NC(=O)COC(=O)c1ccc(N2CCCC2=O)cc1. The molecule has 0 radical (unpaired) electrons. The molecule has 0 aromatic heterocycles. The lowest BCUT2D eigenvalue weighted by Gasteiger charge is -2.16. The third-order valence-corrected chi connectivity index (χ3v) is 4.94. The lowest BCUT2D eigenvalue weighted by atomic mass is 10.1. The Morgan fingerprint density at radius 1 is 1.10 bits per heavy atom. The Bertz CT molecular complexity index is 849. The Hall–Kier alpha value is -3.15. The summed E-state index contributed by atoms with van der Waals surface area (Å²) in [5.74, 6) is -0.784. The first-order chi connectivity index (χ1) is 14.0. The fourth-order valence-corrected chi connectivity index (χ4v) is 3.33. The van der Waals surface area contributed by atoms with Gasteiger partial charge in [0, 0.05) is 24.7 Å². The van der Waals surface area contributed by atoms with Crippen molar-refractivity contribution in [1.82, 2.24) is 5.32 Å². The van der Waals surface area contributed by atoms with Crippen molar-refractivity contribution in [3.63, 3.8) is 0 Å². The summed E-state index contributed by atoms with van der Waals surface area (Å²) >= 11 is 0. The first kappa shape index (κ1) is 20.6. The van der Waals surface area contributed by atoms with E-state index in [9.17, 15) is 14.4 Å². The number of nitrogens with zero attached hydrogens (tertiary/aromatic N) is 1. The normalized spacial score (nSPS) is 14.5. The van der Waals surface area contributed by atoms with E-state index in [0.29, 0.717) is 18.5 Å². The minimum atomic E-state index is -0.559. The fourth-order valence-electron chi connectivity index (χ4n) is 3.33. The Morgan fingerprint density at radius 2 is 1.83 bits per heavy atom. The second-order valence-electron chi connectivity index (χ2n) is 7.26. The number of benzene rings is 2. The van der Waals surface area contributed by atoms with Gasteiger partial charge in [0.05, 0.1) is 5.56 Å². The molecule has 1 atom stereocenters. The van der Waals surface area contributed by atoms with E-state index in [1.165, 1.54) is 5.56 Å². The number of hydrogen-bond donors (Lipinski definition) is 1. The highest BCUT2D eigenvalue weighted by Gasteiger charge is 2.22. The van der Waals surface area contributed by atoms with E-state index in [0.717, 1.165) is 24.9 Å². The number of carbonyl (C=O) groups excluding carboxylic acids is 3. The number of rotatable bonds is 8. The summed E-state index contributed by atoms with van der Waals surface area (Å²) in [7, 11) is 0. The van der Waals surface area contributed by atoms with Gasteiger partial charge in [0.15, 0.2) is 6.61 Å². The van der Waals surface area contributed by atoms with Crippen LogP contribution in [0.5, 0.6) is 0 Å². The molecule has 0 unspecified atom stereocenters. The summed E-state index contributed by atoms with van der Waals surface area (Å²) in [5, 5.41) is 2.85. The lowest BCUT2D eigenvalue weighted by molar-refractivity contribution is -0.124. The van der Waals surface area contributed by atoms with Crippen molar-refractivity contribution >= 4 is 23.5 Å². The second-order valence-corrected chi connectivity index (χ2v) is 7.26. The van der Waals surface area contributed by atoms with Crippen LogP contribution in [0.4, 0.5) is 5.69 Å². The zero-order valence-corrected chi connectivity index (χ0v) is 16.6. The van der Waals surface area contributed by atoms with Crippen molar-refractivity contribution in [2.45, 2.75) is 38.6 Å². The van der Waals surface area contributed by atoms with Crippen LogP contribution in [0.25, 0.3) is 0 Å². The molecule has 2 amide bonds. The molecule has 0 aliphatic carbocycles. The molecule has 1 aliphatic rings. The smallest absolute Gasteiger partial charge is 0.338 e. The lowest BCUT2D eigenvalue weighted by Crippen LogP contribution is -2.36. The van der Waals surface area contributed by atoms with Gasteiger partial charge in [-0.25, -0.2) is 4.79 Å². The van der Waals surface area contributed by atoms with Gasteiger partial charge >= 0.3 is 5.97 Å². The molecule has 1 N–H and O–H groups in total. The van der Waals surface area contributed by atoms with E-state index in [-0.39, 0.29) is 24.5 Å². The van der Waals surface area contributed by atoms with Gasteiger partial charge in [0.2, 0.25) is 5.91 Å². The molecule has 1 saturated heterocycles. The minimum Gasteiger partial charge on any atom is -0.452 e. The van der Waals surface area contributed by atoms with Crippen LogP contribution < -0.4 is 10.2 Å². The number of ether oxygens (including phenoxy) is 1. The molecule has 3 rings (SSSR count). The number of nitrogens with one attached hydrogen (secondary N) is 1. The van der Waals surface area contributed by atoms with E-state index < -0.39 is 5.97 Å².